The van der Waals surface area contributed by atoms with E-state index < -0.39 is 0 Å². The van der Waals surface area contributed by atoms with E-state index in [1.807, 2.05) is 47.7 Å². The number of hydrogen-bond donors (Lipinski definition) is 0. The molecule has 7 nitrogen and oxygen atoms in total. The van der Waals surface area contributed by atoms with Crippen molar-refractivity contribution in [3.05, 3.63) is 24.4 Å². The first-order valence-electron chi connectivity index (χ1n) is 9.75. The molecule has 1 aliphatic rings. The lowest BCUT2D eigenvalue weighted by Crippen LogP contribution is -2.38. The zero-order chi connectivity index (χ0) is 19.4. The lowest BCUT2D eigenvalue weighted by Gasteiger charge is -2.27. The van der Waals surface area contributed by atoms with Gasteiger partial charge in [0.1, 0.15) is 11.5 Å². The summed E-state index contributed by atoms with van der Waals surface area (Å²) in [7, 11) is 3.79. The van der Waals surface area contributed by atoms with Crippen LogP contribution in [0.1, 0.15) is 39.0 Å². The predicted octanol–water partition coefficient (Wildman–Crippen LogP) is 2.66. The van der Waals surface area contributed by atoms with Gasteiger partial charge in [0.25, 0.3) is 0 Å². The number of rotatable bonds is 7. The topological polar surface area (TPSA) is 63.4 Å². The van der Waals surface area contributed by atoms with Crippen molar-refractivity contribution < 1.29 is 9.59 Å². The van der Waals surface area contributed by atoms with Crippen molar-refractivity contribution in [2.75, 3.05) is 25.0 Å². The van der Waals surface area contributed by atoms with E-state index in [9.17, 15) is 9.59 Å². The summed E-state index contributed by atoms with van der Waals surface area (Å²) in [6.07, 6.45) is 5.39. The molecule has 0 fully saturated rings. The molecule has 0 atom stereocenters. The van der Waals surface area contributed by atoms with Crippen molar-refractivity contribution in [3.63, 3.8) is 0 Å². The Morgan fingerprint density at radius 3 is 2.78 bits per heavy atom. The SMILES string of the molecule is CCCCN(C)C(=O)CCC(=O)N1CCCn2nc(-c3cccn3C)cc21. The summed E-state index contributed by atoms with van der Waals surface area (Å²) >= 11 is 0. The fourth-order valence-corrected chi connectivity index (χ4v) is 3.45. The minimum atomic E-state index is -0.00785. The maximum Gasteiger partial charge on any atom is 0.228 e. The molecule has 0 N–H and O–H groups in total. The second-order valence-electron chi connectivity index (χ2n) is 7.18. The summed E-state index contributed by atoms with van der Waals surface area (Å²) in [5, 5.41) is 4.67. The number of fused-ring (bicyclic) bond motifs is 1. The molecule has 146 valence electrons. The van der Waals surface area contributed by atoms with Crippen LogP contribution < -0.4 is 4.90 Å². The number of nitrogens with zero attached hydrogens (tertiary/aromatic N) is 5. The Morgan fingerprint density at radius 1 is 1.26 bits per heavy atom. The summed E-state index contributed by atoms with van der Waals surface area (Å²) in [5.41, 5.74) is 1.89. The van der Waals surface area contributed by atoms with Gasteiger partial charge >= 0.3 is 0 Å². The number of aryl methyl sites for hydroxylation is 2. The van der Waals surface area contributed by atoms with E-state index >= 15 is 0 Å². The molecule has 0 unspecified atom stereocenters. The quantitative estimate of drug-likeness (QED) is 0.752. The summed E-state index contributed by atoms with van der Waals surface area (Å²) in [4.78, 5) is 28.5. The van der Waals surface area contributed by atoms with Crippen LogP contribution in [-0.4, -0.2) is 51.2 Å². The standard InChI is InChI=1S/C20H29N5O2/c1-4-5-11-23(3)19(26)9-10-20(27)24-13-7-14-25-18(24)15-16(21-25)17-8-6-12-22(17)2/h6,8,12,15H,4-5,7,9-11,13-14H2,1-3H3. The van der Waals surface area contributed by atoms with Gasteiger partial charge in [0.05, 0.1) is 5.69 Å². The van der Waals surface area contributed by atoms with Gasteiger partial charge in [-0.1, -0.05) is 13.3 Å². The smallest absolute Gasteiger partial charge is 0.228 e. The maximum atomic E-state index is 12.8. The number of carbonyl (C=O) groups excluding carboxylic acids is 2. The van der Waals surface area contributed by atoms with Gasteiger partial charge in [-0.2, -0.15) is 5.10 Å². The van der Waals surface area contributed by atoms with Gasteiger partial charge < -0.3 is 9.47 Å². The first-order valence-corrected chi connectivity index (χ1v) is 9.75. The van der Waals surface area contributed by atoms with E-state index in [1.54, 1.807) is 9.80 Å². The van der Waals surface area contributed by atoms with Crippen LogP contribution in [-0.2, 0) is 23.2 Å². The molecule has 0 spiro atoms. The monoisotopic (exact) mass is 371 g/mol. The lowest BCUT2D eigenvalue weighted by molar-refractivity contribution is -0.132. The van der Waals surface area contributed by atoms with Gasteiger partial charge in [0.2, 0.25) is 11.8 Å². The Labute approximate surface area is 160 Å². The van der Waals surface area contributed by atoms with Crippen LogP contribution in [0.25, 0.3) is 11.4 Å². The highest BCUT2D eigenvalue weighted by atomic mass is 16.2. The third-order valence-corrected chi connectivity index (χ3v) is 5.12. The van der Waals surface area contributed by atoms with Crippen molar-refractivity contribution in [2.24, 2.45) is 7.05 Å². The average molecular weight is 371 g/mol. The molecule has 2 amide bonds. The first-order chi connectivity index (χ1) is 13.0. The molecule has 0 bridgehead atoms. The number of anilines is 1. The minimum absolute atomic E-state index is 0.00785. The molecule has 7 heteroatoms. The number of amides is 2. The van der Waals surface area contributed by atoms with Crippen LogP contribution in [0.15, 0.2) is 24.4 Å². The van der Waals surface area contributed by atoms with Crippen LogP contribution in [0.5, 0.6) is 0 Å². The fourth-order valence-electron chi connectivity index (χ4n) is 3.45. The molecule has 0 radical (unpaired) electrons. The lowest BCUT2D eigenvalue weighted by atomic mass is 10.2. The average Bonchev–Trinajstić information content (AvgIpc) is 3.28. The zero-order valence-electron chi connectivity index (χ0n) is 16.5. The fraction of sp³-hybridized carbons (Fsp3) is 0.550. The van der Waals surface area contributed by atoms with E-state index in [2.05, 4.69) is 12.0 Å². The minimum Gasteiger partial charge on any atom is -0.349 e. The van der Waals surface area contributed by atoms with Crippen molar-refractivity contribution >= 4 is 17.6 Å². The summed E-state index contributed by atoms with van der Waals surface area (Å²) in [6, 6.07) is 5.98. The van der Waals surface area contributed by atoms with Gasteiger partial charge in [-0.3, -0.25) is 14.5 Å². The van der Waals surface area contributed by atoms with Crippen LogP contribution >= 0.6 is 0 Å². The van der Waals surface area contributed by atoms with Gasteiger partial charge in [-0.15, -0.1) is 0 Å². The van der Waals surface area contributed by atoms with Gasteiger partial charge in [0.15, 0.2) is 0 Å². The predicted molar refractivity (Wildman–Crippen MR) is 105 cm³/mol. The molecule has 3 heterocycles. The van der Waals surface area contributed by atoms with E-state index in [-0.39, 0.29) is 24.7 Å². The van der Waals surface area contributed by atoms with Crippen LogP contribution in [0.2, 0.25) is 0 Å². The Bertz CT molecular complexity index is 807. The van der Waals surface area contributed by atoms with Crippen molar-refractivity contribution in [3.8, 4) is 11.4 Å². The molecular weight excluding hydrogens is 342 g/mol. The highest BCUT2D eigenvalue weighted by Gasteiger charge is 2.26. The number of carbonyl (C=O) groups is 2. The van der Waals surface area contributed by atoms with Crippen molar-refractivity contribution in [1.82, 2.24) is 19.2 Å². The molecule has 27 heavy (non-hydrogen) atoms. The largest absolute Gasteiger partial charge is 0.349 e. The van der Waals surface area contributed by atoms with E-state index in [4.69, 9.17) is 0 Å². The molecule has 0 aliphatic carbocycles. The van der Waals surface area contributed by atoms with Gasteiger partial charge in [-0.25, -0.2) is 4.68 Å². The van der Waals surface area contributed by atoms with Crippen LogP contribution in [0.4, 0.5) is 5.82 Å². The normalized spacial score (nSPS) is 13.5. The molecular formula is C20H29N5O2. The number of unbranched alkanes of at least 4 members (excludes halogenated alkanes) is 1. The van der Waals surface area contributed by atoms with Crippen molar-refractivity contribution in [2.45, 2.75) is 45.6 Å². The van der Waals surface area contributed by atoms with E-state index in [0.29, 0.717) is 6.54 Å². The molecule has 2 aromatic rings. The van der Waals surface area contributed by atoms with Crippen LogP contribution in [0, 0.1) is 0 Å². The molecule has 2 aromatic heterocycles. The molecule has 3 rings (SSSR count). The Morgan fingerprint density at radius 2 is 2.07 bits per heavy atom. The summed E-state index contributed by atoms with van der Waals surface area (Å²) in [5.74, 6) is 0.854. The van der Waals surface area contributed by atoms with E-state index in [0.717, 1.165) is 49.6 Å². The first kappa shape index (κ1) is 19.2. The van der Waals surface area contributed by atoms with Crippen molar-refractivity contribution in [1.29, 1.82) is 0 Å². The van der Waals surface area contributed by atoms with Gasteiger partial charge in [-0.05, 0) is 25.0 Å². The highest BCUT2D eigenvalue weighted by Crippen LogP contribution is 2.28. The molecule has 1 aliphatic heterocycles. The third-order valence-electron chi connectivity index (χ3n) is 5.12. The molecule has 0 aromatic carbocycles. The highest BCUT2D eigenvalue weighted by molar-refractivity contribution is 5.95. The third kappa shape index (κ3) is 4.23. The second-order valence-corrected chi connectivity index (χ2v) is 7.18. The zero-order valence-corrected chi connectivity index (χ0v) is 16.5. The second kappa shape index (κ2) is 8.41. The Hall–Kier alpha value is -2.57. The maximum absolute atomic E-state index is 12.8. The molecule has 0 saturated heterocycles. The molecule has 0 saturated carbocycles. The Balaban J connectivity index is 1.66. The van der Waals surface area contributed by atoms with Crippen LogP contribution in [0.3, 0.4) is 0 Å². The summed E-state index contributed by atoms with van der Waals surface area (Å²) in [6.45, 7) is 4.34. The number of aromatic nitrogens is 3. The summed E-state index contributed by atoms with van der Waals surface area (Å²) < 4.78 is 3.92. The van der Waals surface area contributed by atoms with E-state index in [1.165, 1.54) is 0 Å². The van der Waals surface area contributed by atoms with Gasteiger partial charge in [0, 0.05) is 58.8 Å². The number of hydrogen-bond acceptors (Lipinski definition) is 3. The Kier molecular flexibility index (Phi) is 5.98.